The number of nitro groups is 1. The molecule has 0 saturated carbocycles. The summed E-state index contributed by atoms with van der Waals surface area (Å²) in [7, 11) is 0. The van der Waals surface area contributed by atoms with Gasteiger partial charge in [0.05, 0.1) is 16.5 Å². The number of anilines is 1. The van der Waals surface area contributed by atoms with E-state index in [0.29, 0.717) is 13.1 Å². The highest BCUT2D eigenvalue weighted by atomic mass is 35.5. The molecule has 3 N–H and O–H groups in total. The zero-order chi connectivity index (χ0) is 14.9. The van der Waals surface area contributed by atoms with Crippen LogP contribution in [0.2, 0.25) is 5.02 Å². The molecule has 2 rings (SSSR count). The van der Waals surface area contributed by atoms with Crippen molar-refractivity contribution < 1.29 is 14.5 Å². The summed E-state index contributed by atoms with van der Waals surface area (Å²) in [6.07, 6.45) is 0. The highest BCUT2D eigenvalue weighted by molar-refractivity contribution is 6.34. The van der Waals surface area contributed by atoms with Crippen molar-refractivity contribution in [1.82, 2.24) is 10.2 Å². The van der Waals surface area contributed by atoms with Gasteiger partial charge in [-0.25, -0.2) is 0 Å². The van der Waals surface area contributed by atoms with Crippen molar-refractivity contribution >= 4 is 34.8 Å². The minimum atomic E-state index is -0.707. The van der Waals surface area contributed by atoms with Crippen molar-refractivity contribution in [2.24, 2.45) is 0 Å². The van der Waals surface area contributed by atoms with Crippen molar-refractivity contribution in [3.63, 3.8) is 0 Å². The number of amides is 2. The first kappa shape index (κ1) is 14.1. The topological polar surface area (TPSA) is 119 Å². The molecule has 0 unspecified atom stereocenters. The number of carbonyl (C=O) groups excluding carboxylic acids is 2. The van der Waals surface area contributed by atoms with Crippen molar-refractivity contribution in [2.75, 3.05) is 25.4 Å². The zero-order valence-electron chi connectivity index (χ0n) is 10.3. The number of hydrogen-bond acceptors (Lipinski definition) is 5. The lowest BCUT2D eigenvalue weighted by Crippen LogP contribution is -2.49. The zero-order valence-corrected chi connectivity index (χ0v) is 11.0. The van der Waals surface area contributed by atoms with Crippen LogP contribution in [-0.4, -0.2) is 41.3 Å². The third-order valence-corrected chi connectivity index (χ3v) is 3.19. The molecule has 20 heavy (non-hydrogen) atoms. The maximum absolute atomic E-state index is 12.2. The third kappa shape index (κ3) is 2.64. The fourth-order valence-corrected chi connectivity index (χ4v) is 2.09. The van der Waals surface area contributed by atoms with Crippen LogP contribution in [0.5, 0.6) is 0 Å². The van der Waals surface area contributed by atoms with E-state index in [1.807, 2.05) is 0 Å². The summed E-state index contributed by atoms with van der Waals surface area (Å²) in [5.74, 6) is -0.773. The number of nitrogens with one attached hydrogen (secondary N) is 1. The maximum Gasteiger partial charge on any atom is 0.294 e. The van der Waals surface area contributed by atoms with Gasteiger partial charge in [-0.15, -0.1) is 0 Å². The molecule has 0 radical (unpaired) electrons. The fraction of sp³-hybridized carbons (Fsp3) is 0.273. The Kier molecular flexibility index (Phi) is 3.75. The molecule has 1 saturated heterocycles. The Morgan fingerprint density at radius 3 is 2.80 bits per heavy atom. The first-order valence-corrected chi connectivity index (χ1v) is 6.07. The SMILES string of the molecule is Nc1c(Cl)cc(C(=O)N2CCNC(=O)C2)cc1[N+](=O)[O-]. The molecule has 8 nitrogen and oxygen atoms in total. The molecular formula is C11H11ClN4O4. The quantitative estimate of drug-likeness (QED) is 0.465. The largest absolute Gasteiger partial charge is 0.392 e. The number of nitro benzene ring substituents is 1. The minimum absolute atomic E-state index is 0.0330. The standard InChI is InChI=1S/C11H11ClN4O4/c12-7-3-6(4-8(10(7)13)16(19)20)11(18)15-2-1-14-9(17)5-15/h3-4H,1-2,5,13H2,(H,14,17). The van der Waals surface area contributed by atoms with E-state index >= 15 is 0 Å². The molecule has 1 aromatic rings. The van der Waals surface area contributed by atoms with E-state index in [1.165, 1.54) is 11.0 Å². The molecule has 1 aliphatic rings. The van der Waals surface area contributed by atoms with E-state index in [9.17, 15) is 19.7 Å². The van der Waals surface area contributed by atoms with Gasteiger partial charge in [0.1, 0.15) is 5.69 Å². The molecule has 1 fully saturated rings. The molecular weight excluding hydrogens is 288 g/mol. The van der Waals surface area contributed by atoms with Crippen LogP contribution in [-0.2, 0) is 4.79 Å². The molecule has 2 amide bonds. The molecule has 1 aliphatic heterocycles. The monoisotopic (exact) mass is 298 g/mol. The van der Waals surface area contributed by atoms with Crippen LogP contribution in [0.4, 0.5) is 11.4 Å². The molecule has 106 valence electrons. The summed E-state index contributed by atoms with van der Waals surface area (Å²) in [4.78, 5) is 34.9. The average Bonchev–Trinajstić information content (AvgIpc) is 2.40. The number of benzene rings is 1. The summed E-state index contributed by atoms with van der Waals surface area (Å²) >= 11 is 5.80. The second-order valence-electron chi connectivity index (χ2n) is 4.22. The number of piperazine rings is 1. The van der Waals surface area contributed by atoms with Crippen molar-refractivity contribution in [3.05, 3.63) is 32.8 Å². The second-order valence-corrected chi connectivity index (χ2v) is 4.63. The van der Waals surface area contributed by atoms with Crippen LogP contribution in [0, 0.1) is 10.1 Å². The predicted molar refractivity (Wildman–Crippen MR) is 71.4 cm³/mol. The van der Waals surface area contributed by atoms with Crippen LogP contribution in [0.25, 0.3) is 0 Å². The van der Waals surface area contributed by atoms with E-state index in [0.717, 1.165) is 6.07 Å². The second kappa shape index (κ2) is 5.33. The normalized spacial score (nSPS) is 14.8. The smallest absolute Gasteiger partial charge is 0.294 e. The van der Waals surface area contributed by atoms with Gasteiger partial charge in [-0.2, -0.15) is 0 Å². The maximum atomic E-state index is 12.2. The highest BCUT2D eigenvalue weighted by Crippen LogP contribution is 2.31. The predicted octanol–water partition coefficient (Wildman–Crippen LogP) is 0.402. The first-order valence-electron chi connectivity index (χ1n) is 5.69. The number of halogens is 1. The van der Waals surface area contributed by atoms with E-state index in [1.54, 1.807) is 0 Å². The molecule has 9 heteroatoms. The Morgan fingerprint density at radius 2 is 2.20 bits per heavy atom. The molecule has 0 atom stereocenters. The van der Waals surface area contributed by atoms with Crippen LogP contribution in [0.1, 0.15) is 10.4 Å². The number of carbonyl (C=O) groups is 2. The lowest BCUT2D eigenvalue weighted by Gasteiger charge is -2.26. The Balaban J connectivity index is 2.35. The number of rotatable bonds is 2. The number of hydrogen-bond donors (Lipinski definition) is 2. The van der Waals surface area contributed by atoms with Crippen molar-refractivity contribution in [2.45, 2.75) is 0 Å². The van der Waals surface area contributed by atoms with Crippen LogP contribution >= 0.6 is 11.6 Å². The molecule has 0 bridgehead atoms. The lowest BCUT2D eigenvalue weighted by atomic mass is 10.1. The highest BCUT2D eigenvalue weighted by Gasteiger charge is 2.25. The first-order chi connectivity index (χ1) is 9.40. The van der Waals surface area contributed by atoms with Crippen LogP contribution < -0.4 is 11.1 Å². The van der Waals surface area contributed by atoms with E-state index in [-0.39, 0.29) is 28.7 Å². The molecule has 0 aliphatic carbocycles. The molecule has 0 spiro atoms. The summed E-state index contributed by atoms with van der Waals surface area (Å²) in [6, 6.07) is 2.33. The Labute approximate surface area is 118 Å². The van der Waals surface area contributed by atoms with Crippen LogP contribution in [0.3, 0.4) is 0 Å². The molecule has 1 heterocycles. The summed E-state index contributed by atoms with van der Waals surface area (Å²) in [5.41, 5.74) is 4.90. The Hall–Kier alpha value is -2.35. The van der Waals surface area contributed by atoms with Gasteiger partial charge in [0.15, 0.2) is 0 Å². The van der Waals surface area contributed by atoms with Crippen molar-refractivity contribution in [3.8, 4) is 0 Å². The van der Waals surface area contributed by atoms with E-state index < -0.39 is 16.5 Å². The lowest BCUT2D eigenvalue weighted by molar-refractivity contribution is -0.383. The van der Waals surface area contributed by atoms with E-state index in [4.69, 9.17) is 17.3 Å². The van der Waals surface area contributed by atoms with Gasteiger partial charge < -0.3 is 16.0 Å². The Morgan fingerprint density at radius 1 is 1.50 bits per heavy atom. The molecule has 1 aromatic carbocycles. The van der Waals surface area contributed by atoms with Gasteiger partial charge in [-0.3, -0.25) is 19.7 Å². The fourth-order valence-electron chi connectivity index (χ4n) is 1.87. The van der Waals surface area contributed by atoms with Gasteiger partial charge in [-0.05, 0) is 6.07 Å². The van der Waals surface area contributed by atoms with Gasteiger partial charge in [0.2, 0.25) is 5.91 Å². The summed E-state index contributed by atoms with van der Waals surface area (Å²) in [6.45, 7) is 0.588. The van der Waals surface area contributed by atoms with E-state index in [2.05, 4.69) is 5.32 Å². The number of nitrogen functional groups attached to an aromatic ring is 1. The van der Waals surface area contributed by atoms with Gasteiger partial charge in [0, 0.05) is 24.7 Å². The van der Waals surface area contributed by atoms with Gasteiger partial charge >= 0.3 is 0 Å². The third-order valence-electron chi connectivity index (χ3n) is 2.88. The number of nitrogens with zero attached hydrogens (tertiary/aromatic N) is 2. The summed E-state index contributed by atoms with van der Waals surface area (Å²) < 4.78 is 0. The van der Waals surface area contributed by atoms with Gasteiger partial charge in [0.25, 0.3) is 11.6 Å². The summed E-state index contributed by atoms with van der Waals surface area (Å²) in [5, 5.41) is 13.4. The van der Waals surface area contributed by atoms with Crippen molar-refractivity contribution in [1.29, 1.82) is 0 Å². The van der Waals surface area contributed by atoms with Crippen LogP contribution in [0.15, 0.2) is 12.1 Å². The minimum Gasteiger partial charge on any atom is -0.392 e. The Bertz CT molecular complexity index is 604. The van der Waals surface area contributed by atoms with Gasteiger partial charge in [-0.1, -0.05) is 11.6 Å². The number of nitrogens with two attached hydrogens (primary N) is 1. The molecule has 0 aromatic heterocycles. The average molecular weight is 299 g/mol.